The van der Waals surface area contributed by atoms with E-state index in [1.165, 1.54) is 5.56 Å². The van der Waals surface area contributed by atoms with Crippen LogP contribution < -0.4 is 0 Å². The number of hydrogen-bond acceptors (Lipinski definition) is 1. The molecular formula is C12H12ClN. The molecule has 0 bridgehead atoms. The number of benzene rings is 1. The highest BCUT2D eigenvalue weighted by molar-refractivity contribution is 6.31. The van der Waals surface area contributed by atoms with E-state index in [1.807, 2.05) is 24.4 Å². The molecule has 14 heavy (non-hydrogen) atoms. The lowest BCUT2D eigenvalue weighted by atomic mass is 10.0. The van der Waals surface area contributed by atoms with Crippen LogP contribution in [0, 0.1) is 0 Å². The molecule has 1 heterocycles. The summed E-state index contributed by atoms with van der Waals surface area (Å²) in [5.74, 6) is 0.505. The zero-order chi connectivity index (χ0) is 10.1. The third kappa shape index (κ3) is 1.73. The summed E-state index contributed by atoms with van der Waals surface area (Å²) in [7, 11) is 0. The number of nitrogens with zero attached hydrogens (tertiary/aromatic N) is 1. The van der Waals surface area contributed by atoms with Crippen molar-refractivity contribution in [3.63, 3.8) is 0 Å². The molecule has 0 saturated carbocycles. The molecule has 72 valence electrons. The number of rotatable bonds is 1. The minimum atomic E-state index is 0.505. The summed E-state index contributed by atoms with van der Waals surface area (Å²) < 4.78 is 0. The van der Waals surface area contributed by atoms with E-state index in [1.54, 1.807) is 0 Å². The monoisotopic (exact) mass is 205 g/mol. The number of fused-ring (bicyclic) bond motifs is 1. The van der Waals surface area contributed by atoms with E-state index < -0.39 is 0 Å². The molecule has 2 rings (SSSR count). The molecule has 0 aliphatic carbocycles. The summed E-state index contributed by atoms with van der Waals surface area (Å²) in [6, 6.07) is 7.92. The van der Waals surface area contributed by atoms with Crippen molar-refractivity contribution in [2.24, 2.45) is 0 Å². The minimum Gasteiger partial charge on any atom is -0.256 e. The van der Waals surface area contributed by atoms with Crippen LogP contribution in [0.2, 0.25) is 5.02 Å². The van der Waals surface area contributed by atoms with Gasteiger partial charge in [0.1, 0.15) is 0 Å². The fourth-order valence-electron chi connectivity index (χ4n) is 1.44. The fourth-order valence-corrected chi connectivity index (χ4v) is 1.62. The van der Waals surface area contributed by atoms with Crippen LogP contribution in [0.4, 0.5) is 0 Å². The van der Waals surface area contributed by atoms with Gasteiger partial charge in [0.05, 0.1) is 5.52 Å². The summed E-state index contributed by atoms with van der Waals surface area (Å²) in [6.07, 6.45) is 1.93. The van der Waals surface area contributed by atoms with Crippen LogP contribution in [-0.4, -0.2) is 4.98 Å². The Hall–Kier alpha value is -1.08. The summed E-state index contributed by atoms with van der Waals surface area (Å²) in [6.45, 7) is 4.32. The Balaban J connectivity index is 2.63. The zero-order valence-corrected chi connectivity index (χ0v) is 9.05. The highest BCUT2D eigenvalue weighted by Crippen LogP contribution is 2.21. The van der Waals surface area contributed by atoms with Crippen LogP contribution in [0.3, 0.4) is 0 Å². The van der Waals surface area contributed by atoms with Crippen LogP contribution in [0.15, 0.2) is 30.5 Å². The molecule has 2 heteroatoms. The average Bonchev–Trinajstić information content (AvgIpc) is 2.16. The number of hydrogen-bond donors (Lipinski definition) is 0. The summed E-state index contributed by atoms with van der Waals surface area (Å²) in [4.78, 5) is 4.38. The van der Waals surface area contributed by atoms with Crippen LogP contribution >= 0.6 is 11.6 Å². The van der Waals surface area contributed by atoms with Crippen LogP contribution in [0.1, 0.15) is 25.3 Å². The predicted octanol–water partition coefficient (Wildman–Crippen LogP) is 4.01. The maximum absolute atomic E-state index is 5.92. The van der Waals surface area contributed by atoms with E-state index in [0.717, 1.165) is 15.9 Å². The van der Waals surface area contributed by atoms with E-state index in [-0.39, 0.29) is 0 Å². The SMILES string of the molecule is CC(C)c1cnc2ccc(Cl)cc2c1. The normalized spacial score (nSPS) is 11.1. The first-order valence-corrected chi connectivity index (χ1v) is 5.10. The Labute approximate surface area is 88.7 Å². The molecule has 0 aliphatic rings. The lowest BCUT2D eigenvalue weighted by molar-refractivity contribution is 0.862. The van der Waals surface area contributed by atoms with Crippen molar-refractivity contribution in [3.8, 4) is 0 Å². The average molecular weight is 206 g/mol. The molecule has 0 aliphatic heterocycles. The van der Waals surface area contributed by atoms with Gasteiger partial charge in [0.15, 0.2) is 0 Å². The third-order valence-electron chi connectivity index (χ3n) is 2.33. The number of halogens is 1. The highest BCUT2D eigenvalue weighted by Gasteiger charge is 2.01. The lowest BCUT2D eigenvalue weighted by Gasteiger charge is -2.05. The second-order valence-electron chi connectivity index (χ2n) is 3.76. The third-order valence-corrected chi connectivity index (χ3v) is 2.57. The van der Waals surface area contributed by atoms with E-state index in [4.69, 9.17) is 11.6 Å². The molecule has 0 unspecified atom stereocenters. The zero-order valence-electron chi connectivity index (χ0n) is 8.29. The van der Waals surface area contributed by atoms with Gasteiger partial charge in [0.2, 0.25) is 0 Å². The van der Waals surface area contributed by atoms with Gasteiger partial charge in [0, 0.05) is 16.6 Å². The Bertz CT molecular complexity index is 463. The van der Waals surface area contributed by atoms with Crippen molar-refractivity contribution in [1.82, 2.24) is 4.98 Å². The molecule has 1 nitrogen and oxygen atoms in total. The van der Waals surface area contributed by atoms with E-state index in [0.29, 0.717) is 5.92 Å². The van der Waals surface area contributed by atoms with Crippen LogP contribution in [0.25, 0.3) is 10.9 Å². The minimum absolute atomic E-state index is 0.505. The molecule has 0 atom stereocenters. The first-order valence-electron chi connectivity index (χ1n) is 4.72. The largest absolute Gasteiger partial charge is 0.256 e. The summed E-state index contributed by atoms with van der Waals surface area (Å²) in [5, 5.41) is 1.88. The van der Waals surface area contributed by atoms with Crippen LogP contribution in [0.5, 0.6) is 0 Å². The van der Waals surface area contributed by atoms with Crippen molar-refractivity contribution < 1.29 is 0 Å². The number of aromatic nitrogens is 1. The van der Waals surface area contributed by atoms with Gasteiger partial charge in [-0.3, -0.25) is 4.98 Å². The molecule has 1 aromatic carbocycles. The van der Waals surface area contributed by atoms with Gasteiger partial charge in [-0.1, -0.05) is 25.4 Å². The van der Waals surface area contributed by atoms with Crippen LogP contribution in [-0.2, 0) is 0 Å². The molecule has 2 aromatic rings. The van der Waals surface area contributed by atoms with Gasteiger partial charge < -0.3 is 0 Å². The Morgan fingerprint density at radius 1 is 1.21 bits per heavy atom. The lowest BCUT2D eigenvalue weighted by Crippen LogP contribution is -1.89. The van der Waals surface area contributed by atoms with Gasteiger partial charge >= 0.3 is 0 Å². The smallest absolute Gasteiger partial charge is 0.0703 e. The molecule has 0 N–H and O–H groups in total. The quantitative estimate of drug-likeness (QED) is 0.686. The highest BCUT2D eigenvalue weighted by atomic mass is 35.5. The van der Waals surface area contributed by atoms with Crippen molar-refractivity contribution in [2.45, 2.75) is 19.8 Å². The topological polar surface area (TPSA) is 12.9 Å². The number of pyridine rings is 1. The Kier molecular flexibility index (Phi) is 2.42. The Morgan fingerprint density at radius 2 is 2.00 bits per heavy atom. The maximum Gasteiger partial charge on any atom is 0.0703 e. The second-order valence-corrected chi connectivity index (χ2v) is 4.20. The predicted molar refractivity (Wildman–Crippen MR) is 60.8 cm³/mol. The van der Waals surface area contributed by atoms with Crippen molar-refractivity contribution in [3.05, 3.63) is 41.0 Å². The standard InChI is InChI=1S/C12H12ClN/c1-8(2)10-5-9-6-11(13)3-4-12(9)14-7-10/h3-8H,1-2H3. The Morgan fingerprint density at radius 3 is 2.71 bits per heavy atom. The summed E-state index contributed by atoms with van der Waals surface area (Å²) in [5.41, 5.74) is 2.25. The van der Waals surface area contributed by atoms with E-state index in [2.05, 4.69) is 24.9 Å². The molecule has 0 saturated heterocycles. The van der Waals surface area contributed by atoms with Gasteiger partial charge in [-0.15, -0.1) is 0 Å². The van der Waals surface area contributed by atoms with E-state index >= 15 is 0 Å². The van der Waals surface area contributed by atoms with Gasteiger partial charge in [0.25, 0.3) is 0 Å². The molecule has 1 aromatic heterocycles. The molecule has 0 radical (unpaired) electrons. The van der Waals surface area contributed by atoms with Crippen molar-refractivity contribution >= 4 is 22.5 Å². The van der Waals surface area contributed by atoms with Crippen molar-refractivity contribution in [1.29, 1.82) is 0 Å². The van der Waals surface area contributed by atoms with Gasteiger partial charge in [-0.25, -0.2) is 0 Å². The van der Waals surface area contributed by atoms with E-state index in [9.17, 15) is 0 Å². The maximum atomic E-state index is 5.92. The molecule has 0 fully saturated rings. The van der Waals surface area contributed by atoms with Gasteiger partial charge in [-0.2, -0.15) is 0 Å². The van der Waals surface area contributed by atoms with Crippen molar-refractivity contribution in [2.75, 3.05) is 0 Å². The first kappa shape index (κ1) is 9.47. The molecular weight excluding hydrogens is 194 g/mol. The second kappa shape index (κ2) is 3.58. The molecule has 0 spiro atoms. The fraction of sp³-hybridized carbons (Fsp3) is 0.250. The molecule has 0 amide bonds. The first-order chi connectivity index (χ1) is 6.66. The van der Waals surface area contributed by atoms with Gasteiger partial charge in [-0.05, 0) is 35.7 Å². The summed E-state index contributed by atoms with van der Waals surface area (Å²) >= 11 is 5.92.